The normalized spacial score (nSPS) is 21.2. The highest BCUT2D eigenvalue weighted by Gasteiger charge is 2.45. The number of aliphatic hydroxyl groups excluding tert-OH is 2. The first-order chi connectivity index (χ1) is 44.8. The van der Waals surface area contributed by atoms with Crippen molar-refractivity contribution < 1.29 is 43.1 Å². The van der Waals surface area contributed by atoms with E-state index in [9.17, 15) is 19.8 Å². The smallest absolute Gasteiger partial charge is 0.319 e. The summed E-state index contributed by atoms with van der Waals surface area (Å²) in [4.78, 5) is 61.3. The van der Waals surface area contributed by atoms with Crippen molar-refractivity contribution >= 4 is 61.2 Å². The zero-order valence-corrected chi connectivity index (χ0v) is 52.1. The number of amides is 2. The molecule has 0 radical (unpaired) electrons. The molecule has 23 nitrogen and oxygen atoms in total. The van der Waals surface area contributed by atoms with Crippen LogP contribution in [0.2, 0.25) is 0 Å². The fourth-order valence-corrected chi connectivity index (χ4v) is 14.8. The van der Waals surface area contributed by atoms with Crippen LogP contribution >= 0.6 is 0 Å². The van der Waals surface area contributed by atoms with Gasteiger partial charge in [0.25, 0.3) is 5.56 Å². The number of nitrogens with one attached hydrogen (secondary N) is 5. The maximum Gasteiger partial charge on any atom is 0.319 e. The maximum atomic E-state index is 16.3. The van der Waals surface area contributed by atoms with Gasteiger partial charge >= 0.3 is 6.01 Å². The second kappa shape index (κ2) is 24.5. The van der Waals surface area contributed by atoms with Crippen LogP contribution in [0.1, 0.15) is 112 Å². The number of benzene rings is 4. The molecule has 9 aromatic rings. The lowest BCUT2D eigenvalue weighted by molar-refractivity contribution is -0.142. The number of pyridine rings is 1. The molecule has 5 aliphatic heterocycles. The topological polar surface area (TPSA) is 277 Å². The minimum absolute atomic E-state index is 0.0212. The summed E-state index contributed by atoms with van der Waals surface area (Å²) in [5.74, 6) is 0.173. The lowest BCUT2D eigenvalue weighted by Gasteiger charge is -2.31. The van der Waals surface area contributed by atoms with Gasteiger partial charge in [0, 0.05) is 119 Å². The Balaban J connectivity index is 0.747. The maximum absolute atomic E-state index is 16.3. The van der Waals surface area contributed by atoms with E-state index < -0.39 is 48.2 Å². The van der Waals surface area contributed by atoms with Crippen molar-refractivity contribution in [1.82, 2.24) is 65.6 Å². The first-order valence-corrected chi connectivity index (χ1v) is 32.6. The molecular formula is C68H77FN14O9. The van der Waals surface area contributed by atoms with Gasteiger partial charge in [0.05, 0.1) is 49.4 Å². The van der Waals surface area contributed by atoms with E-state index >= 15 is 9.18 Å². The fraction of sp³-hybridized carbons (Fsp3) is 0.471. The first-order valence-electron chi connectivity index (χ1n) is 32.6. The van der Waals surface area contributed by atoms with Gasteiger partial charge in [-0.2, -0.15) is 25.3 Å². The van der Waals surface area contributed by atoms with Crippen molar-refractivity contribution in [2.45, 2.75) is 147 Å². The van der Waals surface area contributed by atoms with Crippen molar-refractivity contribution in [2.24, 2.45) is 5.92 Å². The Kier molecular flexibility index (Phi) is 15.9. The minimum atomic E-state index is -1.09. The van der Waals surface area contributed by atoms with E-state index in [1.165, 1.54) is 15.6 Å². The number of piperidine rings is 1. The lowest BCUT2D eigenvalue weighted by Crippen LogP contribution is -2.50. The van der Waals surface area contributed by atoms with Crippen LogP contribution in [-0.2, 0) is 27.5 Å². The molecule has 6 aliphatic rings. The Bertz CT molecular complexity index is 4380. The number of carbonyl (C=O) groups excluding carboxylic acids is 2. The van der Waals surface area contributed by atoms with Gasteiger partial charge in [-0.3, -0.25) is 28.8 Å². The van der Waals surface area contributed by atoms with Gasteiger partial charge in [0.15, 0.2) is 11.3 Å². The average molecular weight is 1250 g/mol. The number of rotatable bonds is 19. The summed E-state index contributed by atoms with van der Waals surface area (Å²) < 4.78 is 46.0. The Labute approximate surface area is 529 Å². The zero-order chi connectivity index (χ0) is 63.1. The van der Waals surface area contributed by atoms with E-state index in [-0.39, 0.29) is 67.0 Å². The number of ether oxygens (including phenoxy) is 4. The third-order valence-electron chi connectivity index (χ3n) is 19.7. The van der Waals surface area contributed by atoms with E-state index in [1.807, 2.05) is 67.9 Å². The van der Waals surface area contributed by atoms with Crippen LogP contribution in [0.5, 0.6) is 17.5 Å². The molecule has 7 N–H and O–H groups in total. The number of aromatic amines is 2. The Morgan fingerprint density at radius 3 is 2.48 bits per heavy atom. The molecule has 15 rings (SSSR count). The molecule has 92 heavy (non-hydrogen) atoms. The van der Waals surface area contributed by atoms with Crippen molar-refractivity contribution in [3.05, 3.63) is 112 Å². The van der Waals surface area contributed by atoms with E-state index in [4.69, 9.17) is 34.0 Å². The Hall–Kier alpha value is -8.55. The van der Waals surface area contributed by atoms with Crippen LogP contribution in [0.3, 0.4) is 0 Å². The molecule has 0 unspecified atom stereocenters. The van der Waals surface area contributed by atoms with Crippen molar-refractivity contribution in [1.29, 1.82) is 0 Å². The molecule has 1 saturated carbocycles. The van der Waals surface area contributed by atoms with Gasteiger partial charge in [-0.15, -0.1) is 0 Å². The third-order valence-corrected chi connectivity index (χ3v) is 19.7. The molecule has 4 aromatic carbocycles. The van der Waals surface area contributed by atoms with Crippen molar-refractivity contribution in [3.63, 3.8) is 0 Å². The van der Waals surface area contributed by atoms with Crippen LogP contribution < -0.4 is 40.6 Å². The van der Waals surface area contributed by atoms with Crippen molar-refractivity contribution in [3.8, 4) is 39.9 Å². The van der Waals surface area contributed by atoms with E-state index in [1.54, 1.807) is 25.5 Å². The predicted octanol–water partition coefficient (Wildman–Crippen LogP) is 7.40. The summed E-state index contributed by atoms with van der Waals surface area (Å²) in [7, 11) is 0. The number of fused-ring (bicyclic) bond motifs is 7. The number of piperazine rings is 1. The standard InChI is InChI=1S/C68H77FN14O9/c1-5-82-55(14-19-73-82)39-9-11-46(57(23-39)91-43-12-17-70-18-13-43)54(33-84)75-65(86)56-25-42(85)31-81(56)67(88)62(35(2)3)83-32-50-45-10-6-37(22-52(45)74-66(87)61(50)79-83)34-90-63-59(58-36(4)51(69)27-53-49(58)29-72-78-53)47(38-7-8-38)26-48-60(63)76-68(92-44-15-20-89-21-16-44)77-64(48)80-30-40-24-41(80)28-71-40/h6,9-11,14,19,22-23,26-27,29,32,35,38,40-44,54,56,62,70-71,84-85H,5,7-8,12-13,15-18,20-21,24-25,28,30-31,33-34H2,1-4H3,(H,72,78)(H,74,87)(H,75,86)/t40-,41-,42+,54-,56-,62-/m0/s1. The quantitative estimate of drug-likeness (QED) is 0.0415. The number of H-pyrrole nitrogens is 2. The number of hydrogen-bond acceptors (Lipinski definition) is 17. The first kappa shape index (κ1) is 59.7. The van der Waals surface area contributed by atoms with E-state index in [0.29, 0.717) is 94.2 Å². The number of nitrogens with zero attached hydrogens (tertiary/aromatic N) is 9. The number of anilines is 1. The minimum Gasteiger partial charge on any atom is -0.490 e. The fourth-order valence-electron chi connectivity index (χ4n) is 14.8. The summed E-state index contributed by atoms with van der Waals surface area (Å²) in [5, 5.41) is 51.6. The third kappa shape index (κ3) is 11.0. The van der Waals surface area contributed by atoms with Crippen LogP contribution in [-0.4, -0.2) is 161 Å². The summed E-state index contributed by atoms with van der Waals surface area (Å²) in [6.45, 7) is 12.0. The van der Waals surface area contributed by atoms with Gasteiger partial charge in [-0.1, -0.05) is 38.1 Å². The zero-order valence-electron chi connectivity index (χ0n) is 52.1. The largest absolute Gasteiger partial charge is 0.490 e. The van der Waals surface area contributed by atoms with E-state index in [2.05, 4.69) is 47.2 Å². The van der Waals surface area contributed by atoms with Crippen LogP contribution in [0.25, 0.3) is 66.0 Å². The van der Waals surface area contributed by atoms with Crippen molar-refractivity contribution in [2.75, 3.05) is 57.4 Å². The number of halogens is 1. The summed E-state index contributed by atoms with van der Waals surface area (Å²) in [5.41, 5.74) is 7.19. The van der Waals surface area contributed by atoms with Crippen LogP contribution in [0, 0.1) is 18.7 Å². The lowest BCUT2D eigenvalue weighted by atomic mass is 9.88. The molecule has 24 heteroatoms. The highest BCUT2D eigenvalue weighted by Crippen LogP contribution is 2.54. The monoisotopic (exact) mass is 1250 g/mol. The molecule has 1 aliphatic carbocycles. The summed E-state index contributed by atoms with van der Waals surface area (Å²) >= 11 is 0. The number of aryl methyl sites for hydroxylation is 1. The number of carbonyl (C=O) groups is 2. The highest BCUT2D eigenvalue weighted by molar-refractivity contribution is 6.07. The molecule has 5 aromatic heterocycles. The molecule has 0 spiro atoms. The Morgan fingerprint density at radius 2 is 1.72 bits per heavy atom. The molecular weight excluding hydrogens is 1180 g/mol. The van der Waals surface area contributed by atoms with Gasteiger partial charge in [0.1, 0.15) is 53.8 Å². The van der Waals surface area contributed by atoms with Crippen LogP contribution in [0.15, 0.2) is 78.0 Å². The molecule has 6 atom stereocenters. The van der Waals surface area contributed by atoms with Gasteiger partial charge < -0.3 is 59.9 Å². The number of aromatic nitrogens is 9. The molecule has 10 heterocycles. The summed E-state index contributed by atoms with van der Waals surface area (Å²) in [6, 6.07) is 14.8. The Morgan fingerprint density at radius 1 is 0.891 bits per heavy atom. The molecule has 480 valence electrons. The molecule has 2 bridgehead atoms. The predicted molar refractivity (Wildman–Crippen MR) is 343 cm³/mol. The molecule has 2 amide bonds. The molecule has 5 saturated heterocycles. The second-order valence-corrected chi connectivity index (χ2v) is 26.1. The number of hydrogen-bond donors (Lipinski definition) is 7. The second-order valence-electron chi connectivity index (χ2n) is 26.1. The van der Waals surface area contributed by atoms with E-state index in [0.717, 1.165) is 103 Å². The number of β-amino-alcohol motifs (C(OH)–C–C–N with tert-alkyl or cyclic N) is 1. The highest BCUT2D eigenvalue weighted by atomic mass is 19.1. The summed E-state index contributed by atoms with van der Waals surface area (Å²) in [6.07, 6.45) is 9.74. The molecule has 6 fully saturated rings. The van der Waals surface area contributed by atoms with Gasteiger partial charge in [-0.05, 0) is 118 Å². The number of aliphatic hydroxyl groups is 2. The van der Waals surface area contributed by atoms with Gasteiger partial charge in [0.2, 0.25) is 11.8 Å². The average Bonchev–Trinajstić information content (AvgIpc) is 1.28. The van der Waals surface area contributed by atoms with Crippen LogP contribution in [0.4, 0.5) is 10.2 Å². The van der Waals surface area contributed by atoms with Gasteiger partial charge in [-0.25, -0.2) is 4.39 Å². The number of likely N-dealkylation sites (tertiary alicyclic amines) is 1. The SMILES string of the molecule is CCn1nccc1-c1ccc([C@H](CO)NC(=O)[C@@H]2C[C@@H](O)CN2C(=O)[C@H](C(C)C)n2cc3c(n2)c(=O)[nH]c2cc(COc4c(-c5c(C)c(F)cc6[nH]ncc56)c(C5CC5)cc5c(N6C[C@@H]7C[C@H]6CN7)nc(OC6CCOCC6)nc45)ccc23)c(OC2CCNCC2)c1.